The summed E-state index contributed by atoms with van der Waals surface area (Å²) in [5.41, 5.74) is 1.19. The van der Waals surface area contributed by atoms with Crippen LogP contribution >= 0.6 is 0 Å². The topological polar surface area (TPSA) is 63.0 Å². The van der Waals surface area contributed by atoms with Crippen LogP contribution in [-0.2, 0) is 4.79 Å². The molecule has 0 bridgehead atoms. The SMILES string of the molecule is COc1ccc(C2CC2C(=O)N2CCN(C(=O)c3ccco3)CC2)cc1. The standard InChI is InChI=1S/C20H22N2O4/c1-25-15-6-4-14(5-7-15)16-13-17(16)19(23)21-8-10-22(11-9-21)20(24)18-3-2-12-26-18/h2-7,12,16-17H,8-11,13H2,1H3. The van der Waals surface area contributed by atoms with E-state index in [2.05, 4.69) is 0 Å². The molecular weight excluding hydrogens is 332 g/mol. The Hall–Kier alpha value is -2.76. The van der Waals surface area contributed by atoms with Crippen LogP contribution in [0.5, 0.6) is 5.75 Å². The summed E-state index contributed by atoms with van der Waals surface area (Å²) >= 11 is 0. The Labute approximate surface area is 152 Å². The van der Waals surface area contributed by atoms with Gasteiger partial charge in [0.05, 0.1) is 13.4 Å². The van der Waals surface area contributed by atoms with Crippen LogP contribution < -0.4 is 4.74 Å². The number of hydrogen-bond acceptors (Lipinski definition) is 4. The average Bonchev–Trinajstić information content (AvgIpc) is 3.31. The third-order valence-corrected chi connectivity index (χ3v) is 5.26. The number of rotatable bonds is 4. The summed E-state index contributed by atoms with van der Waals surface area (Å²) in [6, 6.07) is 11.3. The first kappa shape index (κ1) is 16.7. The van der Waals surface area contributed by atoms with Crippen molar-refractivity contribution in [3.63, 3.8) is 0 Å². The summed E-state index contributed by atoms with van der Waals surface area (Å²) in [6.07, 6.45) is 2.40. The maximum absolute atomic E-state index is 12.8. The van der Waals surface area contributed by atoms with Crippen molar-refractivity contribution in [3.8, 4) is 5.75 Å². The molecule has 2 heterocycles. The maximum Gasteiger partial charge on any atom is 0.289 e. The van der Waals surface area contributed by atoms with E-state index in [9.17, 15) is 9.59 Å². The molecule has 0 N–H and O–H groups in total. The number of methoxy groups -OCH3 is 1. The third-order valence-electron chi connectivity index (χ3n) is 5.26. The fourth-order valence-corrected chi connectivity index (χ4v) is 3.61. The van der Waals surface area contributed by atoms with E-state index < -0.39 is 0 Å². The van der Waals surface area contributed by atoms with Gasteiger partial charge in [-0.25, -0.2) is 0 Å². The van der Waals surface area contributed by atoms with E-state index >= 15 is 0 Å². The number of furan rings is 1. The van der Waals surface area contributed by atoms with Crippen molar-refractivity contribution in [2.24, 2.45) is 5.92 Å². The molecule has 136 valence electrons. The quantitative estimate of drug-likeness (QED) is 0.846. The van der Waals surface area contributed by atoms with E-state index in [1.165, 1.54) is 11.8 Å². The molecule has 2 amide bonds. The summed E-state index contributed by atoms with van der Waals surface area (Å²) in [5.74, 6) is 1.65. The highest BCUT2D eigenvalue weighted by Gasteiger charge is 2.46. The van der Waals surface area contributed by atoms with E-state index in [4.69, 9.17) is 9.15 Å². The van der Waals surface area contributed by atoms with E-state index in [0.717, 1.165) is 12.2 Å². The Kier molecular flexibility index (Phi) is 4.41. The number of nitrogens with zero attached hydrogens (tertiary/aromatic N) is 2. The van der Waals surface area contributed by atoms with Crippen molar-refractivity contribution in [1.29, 1.82) is 0 Å². The molecule has 1 aliphatic heterocycles. The molecular formula is C20H22N2O4. The number of piperazine rings is 1. The number of amides is 2. The second-order valence-electron chi connectivity index (χ2n) is 6.82. The average molecular weight is 354 g/mol. The summed E-state index contributed by atoms with van der Waals surface area (Å²) in [7, 11) is 1.65. The maximum atomic E-state index is 12.8. The minimum Gasteiger partial charge on any atom is -0.497 e. The number of hydrogen-bond donors (Lipinski definition) is 0. The van der Waals surface area contributed by atoms with Gasteiger partial charge in [0.2, 0.25) is 5.91 Å². The summed E-state index contributed by atoms with van der Waals surface area (Å²) in [5, 5.41) is 0. The van der Waals surface area contributed by atoms with Crippen molar-refractivity contribution in [3.05, 3.63) is 54.0 Å². The largest absolute Gasteiger partial charge is 0.497 e. The van der Waals surface area contributed by atoms with Gasteiger partial charge >= 0.3 is 0 Å². The molecule has 1 aromatic carbocycles. The van der Waals surface area contributed by atoms with Gasteiger partial charge in [0.15, 0.2) is 5.76 Å². The van der Waals surface area contributed by atoms with E-state index in [1.54, 1.807) is 24.1 Å². The van der Waals surface area contributed by atoms with Crippen LogP contribution in [0.3, 0.4) is 0 Å². The Morgan fingerprint density at radius 2 is 1.73 bits per heavy atom. The normalized spacial score (nSPS) is 22.2. The van der Waals surface area contributed by atoms with E-state index in [0.29, 0.717) is 37.9 Å². The van der Waals surface area contributed by atoms with Crippen LogP contribution in [0.1, 0.15) is 28.5 Å². The highest BCUT2D eigenvalue weighted by Crippen LogP contribution is 2.48. The number of carbonyl (C=O) groups is 2. The summed E-state index contributed by atoms with van der Waals surface area (Å²) in [4.78, 5) is 28.7. The van der Waals surface area contributed by atoms with Gasteiger partial charge in [-0.3, -0.25) is 9.59 Å². The molecule has 1 saturated heterocycles. The lowest BCUT2D eigenvalue weighted by Gasteiger charge is -2.34. The molecule has 2 fully saturated rings. The van der Waals surface area contributed by atoms with E-state index in [-0.39, 0.29) is 17.7 Å². The first-order chi connectivity index (χ1) is 12.7. The molecule has 1 aromatic heterocycles. The van der Waals surface area contributed by atoms with Gasteiger partial charge in [-0.1, -0.05) is 12.1 Å². The first-order valence-corrected chi connectivity index (χ1v) is 8.93. The monoisotopic (exact) mass is 354 g/mol. The van der Waals surface area contributed by atoms with Crippen molar-refractivity contribution in [2.45, 2.75) is 12.3 Å². The zero-order chi connectivity index (χ0) is 18.1. The number of carbonyl (C=O) groups excluding carboxylic acids is 2. The van der Waals surface area contributed by atoms with Crippen molar-refractivity contribution >= 4 is 11.8 Å². The molecule has 6 nitrogen and oxygen atoms in total. The molecule has 2 atom stereocenters. The molecule has 0 spiro atoms. The Morgan fingerprint density at radius 3 is 2.35 bits per heavy atom. The number of benzene rings is 1. The second-order valence-corrected chi connectivity index (χ2v) is 6.82. The molecule has 2 aliphatic rings. The molecule has 2 aromatic rings. The Bertz CT molecular complexity index is 777. The van der Waals surface area contributed by atoms with Gasteiger partial charge in [-0.15, -0.1) is 0 Å². The van der Waals surface area contributed by atoms with Crippen molar-refractivity contribution in [2.75, 3.05) is 33.3 Å². The molecule has 2 unspecified atom stereocenters. The molecule has 26 heavy (non-hydrogen) atoms. The Morgan fingerprint density at radius 1 is 1.04 bits per heavy atom. The zero-order valence-corrected chi connectivity index (χ0v) is 14.8. The fourth-order valence-electron chi connectivity index (χ4n) is 3.61. The lowest BCUT2D eigenvalue weighted by Crippen LogP contribution is -2.51. The molecule has 4 rings (SSSR count). The second kappa shape index (κ2) is 6.86. The van der Waals surface area contributed by atoms with E-state index in [1.807, 2.05) is 29.2 Å². The molecule has 0 radical (unpaired) electrons. The fraction of sp³-hybridized carbons (Fsp3) is 0.400. The van der Waals surface area contributed by atoms with Crippen LogP contribution in [0.25, 0.3) is 0 Å². The molecule has 1 saturated carbocycles. The number of ether oxygens (including phenoxy) is 1. The molecule has 1 aliphatic carbocycles. The van der Waals surface area contributed by atoms with Gasteiger partial charge in [0.1, 0.15) is 5.75 Å². The Balaban J connectivity index is 1.31. The lowest BCUT2D eigenvalue weighted by molar-refractivity contribution is -0.134. The van der Waals surface area contributed by atoms with Gasteiger partial charge < -0.3 is 19.0 Å². The molecule has 6 heteroatoms. The van der Waals surface area contributed by atoms with Crippen LogP contribution in [0.2, 0.25) is 0 Å². The van der Waals surface area contributed by atoms with Gasteiger partial charge in [-0.2, -0.15) is 0 Å². The summed E-state index contributed by atoms with van der Waals surface area (Å²) in [6.45, 7) is 2.25. The van der Waals surface area contributed by atoms with Crippen molar-refractivity contribution in [1.82, 2.24) is 9.80 Å². The van der Waals surface area contributed by atoms with Gasteiger partial charge in [0, 0.05) is 32.1 Å². The zero-order valence-electron chi connectivity index (χ0n) is 14.8. The van der Waals surface area contributed by atoms with Gasteiger partial charge in [-0.05, 0) is 42.2 Å². The first-order valence-electron chi connectivity index (χ1n) is 8.93. The van der Waals surface area contributed by atoms with Crippen LogP contribution in [0, 0.1) is 5.92 Å². The minimum absolute atomic E-state index is 0.0655. The predicted octanol–water partition coefficient (Wildman–Crippen LogP) is 2.38. The smallest absolute Gasteiger partial charge is 0.289 e. The highest BCUT2D eigenvalue weighted by molar-refractivity contribution is 5.91. The minimum atomic E-state index is -0.107. The lowest BCUT2D eigenvalue weighted by atomic mass is 10.1. The van der Waals surface area contributed by atoms with Gasteiger partial charge in [0.25, 0.3) is 5.91 Å². The predicted molar refractivity (Wildman–Crippen MR) is 95.0 cm³/mol. The van der Waals surface area contributed by atoms with Crippen molar-refractivity contribution < 1.29 is 18.7 Å². The highest BCUT2D eigenvalue weighted by atomic mass is 16.5. The van der Waals surface area contributed by atoms with Crippen LogP contribution in [-0.4, -0.2) is 54.9 Å². The summed E-state index contributed by atoms with van der Waals surface area (Å²) < 4.78 is 10.4. The van der Waals surface area contributed by atoms with Crippen LogP contribution in [0.4, 0.5) is 0 Å². The van der Waals surface area contributed by atoms with Crippen LogP contribution in [0.15, 0.2) is 47.1 Å². The third kappa shape index (κ3) is 3.19.